The predicted octanol–water partition coefficient (Wildman–Crippen LogP) is 3.43. The maximum absolute atomic E-state index is 12.2. The second-order valence-electron chi connectivity index (χ2n) is 5.40. The number of carboxylic acids is 1. The van der Waals surface area contributed by atoms with Gasteiger partial charge in [0.1, 0.15) is 5.60 Å². The summed E-state index contributed by atoms with van der Waals surface area (Å²) < 4.78 is 5.55. The largest absolute Gasteiger partial charge is 0.478 e. The fourth-order valence-corrected chi connectivity index (χ4v) is 2.58. The van der Waals surface area contributed by atoms with Crippen LogP contribution in [-0.2, 0) is 4.74 Å². The average Bonchev–Trinajstić information content (AvgIpc) is 2.37. The molecule has 0 saturated carbocycles. The smallest absolute Gasteiger partial charge is 0.339 e. The summed E-state index contributed by atoms with van der Waals surface area (Å²) >= 11 is 0. The Balaban J connectivity index is 2.25. The molecule has 1 aliphatic carbocycles. The fraction of sp³-hybridized carbons (Fsp3) is 0.375. The van der Waals surface area contributed by atoms with Crippen molar-refractivity contribution in [2.45, 2.75) is 38.7 Å². The van der Waals surface area contributed by atoms with Gasteiger partial charge in [0.05, 0.1) is 11.1 Å². The van der Waals surface area contributed by atoms with Gasteiger partial charge < -0.3 is 9.84 Å². The van der Waals surface area contributed by atoms with Gasteiger partial charge in [-0.25, -0.2) is 9.59 Å². The van der Waals surface area contributed by atoms with E-state index in [0.717, 1.165) is 19.3 Å². The van der Waals surface area contributed by atoms with Crippen molar-refractivity contribution in [1.82, 2.24) is 0 Å². The molecule has 4 heteroatoms. The summed E-state index contributed by atoms with van der Waals surface area (Å²) in [6.45, 7) is 3.87. The Kier molecular flexibility index (Phi) is 3.93. The molecular formula is C16H18O4. The molecule has 20 heavy (non-hydrogen) atoms. The summed E-state index contributed by atoms with van der Waals surface area (Å²) in [5.74, 6) is -1.71. The Hall–Kier alpha value is -2.10. The highest BCUT2D eigenvalue weighted by Gasteiger charge is 2.30. The molecule has 0 aliphatic heterocycles. The van der Waals surface area contributed by atoms with E-state index in [9.17, 15) is 9.59 Å². The number of ether oxygens (including phenoxy) is 1. The molecule has 0 amide bonds. The lowest BCUT2D eigenvalue weighted by Crippen LogP contribution is -2.32. The second kappa shape index (κ2) is 5.49. The first-order chi connectivity index (χ1) is 9.41. The lowest BCUT2D eigenvalue weighted by atomic mass is 9.88. The highest BCUT2D eigenvalue weighted by Crippen LogP contribution is 2.30. The zero-order valence-corrected chi connectivity index (χ0v) is 11.7. The molecule has 1 aromatic carbocycles. The number of hydrogen-bond donors (Lipinski definition) is 1. The maximum atomic E-state index is 12.2. The van der Waals surface area contributed by atoms with Crippen LogP contribution < -0.4 is 0 Å². The van der Waals surface area contributed by atoms with Crippen molar-refractivity contribution >= 4 is 11.9 Å². The van der Waals surface area contributed by atoms with Crippen molar-refractivity contribution in [2.75, 3.05) is 0 Å². The minimum atomic E-state index is -1.13. The molecule has 1 unspecified atom stereocenters. The van der Waals surface area contributed by atoms with Crippen molar-refractivity contribution in [2.24, 2.45) is 0 Å². The summed E-state index contributed by atoms with van der Waals surface area (Å²) in [5.41, 5.74) is 0.610. The van der Waals surface area contributed by atoms with Crippen LogP contribution in [-0.4, -0.2) is 22.6 Å². The van der Waals surface area contributed by atoms with Gasteiger partial charge in [0.15, 0.2) is 0 Å². The molecule has 1 atom stereocenters. The molecule has 0 aromatic heterocycles. The zero-order valence-electron chi connectivity index (χ0n) is 11.7. The third-order valence-corrected chi connectivity index (χ3v) is 3.50. The molecule has 4 nitrogen and oxygen atoms in total. The van der Waals surface area contributed by atoms with Crippen molar-refractivity contribution in [3.8, 4) is 0 Å². The molecule has 0 fully saturated rings. The highest BCUT2D eigenvalue weighted by atomic mass is 16.6. The van der Waals surface area contributed by atoms with Crippen LogP contribution >= 0.6 is 0 Å². The molecule has 1 N–H and O–H groups in total. The lowest BCUT2D eigenvalue weighted by molar-refractivity contribution is 0.00484. The number of allylic oxidation sites excluding steroid dienone is 1. The fourth-order valence-electron chi connectivity index (χ4n) is 2.58. The molecule has 0 saturated heterocycles. The van der Waals surface area contributed by atoms with E-state index >= 15 is 0 Å². The Morgan fingerprint density at radius 1 is 1.25 bits per heavy atom. The zero-order chi connectivity index (χ0) is 14.8. The van der Waals surface area contributed by atoms with E-state index in [1.54, 1.807) is 12.1 Å². The van der Waals surface area contributed by atoms with Crippen LogP contribution in [0.2, 0.25) is 0 Å². The van der Waals surface area contributed by atoms with E-state index < -0.39 is 17.5 Å². The number of aromatic carboxylic acids is 1. The Bertz CT molecular complexity index is 574. The number of carbonyl (C=O) groups excluding carboxylic acids is 1. The van der Waals surface area contributed by atoms with Crippen LogP contribution in [0.25, 0.3) is 0 Å². The van der Waals surface area contributed by atoms with Gasteiger partial charge in [-0.3, -0.25) is 0 Å². The van der Waals surface area contributed by atoms with E-state index in [0.29, 0.717) is 0 Å². The van der Waals surface area contributed by atoms with Gasteiger partial charge in [-0.15, -0.1) is 0 Å². The predicted molar refractivity (Wildman–Crippen MR) is 74.8 cm³/mol. The number of rotatable bonds is 3. The molecule has 0 bridgehead atoms. The Morgan fingerprint density at radius 3 is 2.50 bits per heavy atom. The van der Waals surface area contributed by atoms with Crippen LogP contribution in [0.3, 0.4) is 0 Å². The van der Waals surface area contributed by atoms with E-state index in [1.165, 1.54) is 17.7 Å². The van der Waals surface area contributed by atoms with E-state index in [4.69, 9.17) is 9.84 Å². The van der Waals surface area contributed by atoms with Gasteiger partial charge in [-0.2, -0.15) is 0 Å². The standard InChI is InChI=1S/C16H18O4/c1-11-6-5-9-16(2,10-11)20-15(19)13-8-4-3-7-12(13)14(17)18/h3-4,7-8,10H,5-6,9H2,1-2H3,(H,17,18). The van der Waals surface area contributed by atoms with Crippen LogP contribution in [0.1, 0.15) is 53.8 Å². The summed E-state index contributed by atoms with van der Waals surface area (Å²) in [6, 6.07) is 6.11. The van der Waals surface area contributed by atoms with Crippen molar-refractivity contribution in [3.63, 3.8) is 0 Å². The van der Waals surface area contributed by atoms with Crippen LogP contribution in [0, 0.1) is 0 Å². The van der Waals surface area contributed by atoms with Gasteiger partial charge in [0.2, 0.25) is 0 Å². The van der Waals surface area contributed by atoms with Gasteiger partial charge in [0.25, 0.3) is 0 Å². The van der Waals surface area contributed by atoms with Crippen molar-refractivity contribution in [3.05, 3.63) is 47.0 Å². The van der Waals surface area contributed by atoms with E-state index in [1.807, 2.05) is 19.9 Å². The van der Waals surface area contributed by atoms with Gasteiger partial charge in [0, 0.05) is 0 Å². The summed E-state index contributed by atoms with van der Waals surface area (Å²) in [7, 11) is 0. The molecule has 0 heterocycles. The molecule has 106 valence electrons. The first-order valence-corrected chi connectivity index (χ1v) is 6.65. The monoisotopic (exact) mass is 274 g/mol. The first-order valence-electron chi connectivity index (χ1n) is 6.65. The summed E-state index contributed by atoms with van der Waals surface area (Å²) in [4.78, 5) is 23.4. The van der Waals surface area contributed by atoms with Gasteiger partial charge in [-0.1, -0.05) is 17.7 Å². The second-order valence-corrected chi connectivity index (χ2v) is 5.40. The molecule has 1 aliphatic rings. The molecular weight excluding hydrogens is 256 g/mol. The van der Waals surface area contributed by atoms with Gasteiger partial charge >= 0.3 is 11.9 Å². The van der Waals surface area contributed by atoms with Crippen LogP contribution in [0.4, 0.5) is 0 Å². The third-order valence-electron chi connectivity index (χ3n) is 3.50. The molecule has 1 aromatic rings. The lowest BCUT2D eigenvalue weighted by Gasteiger charge is -2.30. The average molecular weight is 274 g/mol. The van der Waals surface area contributed by atoms with Crippen LogP contribution in [0.15, 0.2) is 35.9 Å². The number of hydrogen-bond acceptors (Lipinski definition) is 3. The summed E-state index contributed by atoms with van der Waals surface area (Å²) in [6.07, 6.45) is 4.69. The molecule has 0 radical (unpaired) electrons. The first kappa shape index (κ1) is 14.3. The number of benzene rings is 1. The van der Waals surface area contributed by atoms with Crippen molar-refractivity contribution in [1.29, 1.82) is 0 Å². The molecule has 2 rings (SSSR count). The quantitative estimate of drug-likeness (QED) is 0.677. The Labute approximate surface area is 118 Å². The van der Waals surface area contributed by atoms with Crippen LogP contribution in [0.5, 0.6) is 0 Å². The highest BCUT2D eigenvalue weighted by molar-refractivity contribution is 6.02. The maximum Gasteiger partial charge on any atom is 0.339 e. The number of carboxylic acid groups (broad SMARTS) is 1. The SMILES string of the molecule is CC1=CC(C)(OC(=O)c2ccccc2C(=O)O)CCC1. The third kappa shape index (κ3) is 3.07. The Morgan fingerprint density at radius 2 is 1.90 bits per heavy atom. The van der Waals surface area contributed by atoms with Crippen molar-refractivity contribution < 1.29 is 19.4 Å². The van der Waals surface area contributed by atoms with Gasteiger partial charge in [-0.05, 0) is 51.3 Å². The minimum Gasteiger partial charge on any atom is -0.478 e. The normalized spacial score (nSPS) is 22.0. The topological polar surface area (TPSA) is 63.6 Å². The minimum absolute atomic E-state index is 0.0300. The van der Waals surface area contributed by atoms with E-state index in [2.05, 4.69) is 0 Å². The molecule has 0 spiro atoms. The number of carbonyl (C=O) groups is 2. The number of esters is 1. The summed E-state index contributed by atoms with van der Waals surface area (Å²) in [5, 5.41) is 9.11. The van der Waals surface area contributed by atoms with E-state index in [-0.39, 0.29) is 11.1 Å².